The van der Waals surface area contributed by atoms with Crippen LogP contribution < -0.4 is 10.2 Å². The average molecular weight is 334 g/mol. The van der Waals surface area contributed by atoms with Crippen molar-refractivity contribution in [2.45, 2.75) is 18.9 Å². The molecule has 0 aromatic carbocycles. The molecule has 0 radical (unpaired) electrons. The molecule has 0 atom stereocenters. The fourth-order valence-corrected chi connectivity index (χ4v) is 2.14. The van der Waals surface area contributed by atoms with E-state index in [1.54, 1.807) is 17.4 Å². The predicted molar refractivity (Wildman–Crippen MR) is 76.7 cm³/mol. The van der Waals surface area contributed by atoms with Gasteiger partial charge in [-0.2, -0.15) is 8.78 Å². The molecule has 5 nitrogen and oxygen atoms in total. The number of hydrogen-bond donors (Lipinski definition) is 1. The van der Waals surface area contributed by atoms with Crippen molar-refractivity contribution >= 4 is 11.7 Å². The van der Waals surface area contributed by atoms with Crippen molar-refractivity contribution in [3.8, 4) is 0 Å². The van der Waals surface area contributed by atoms with Gasteiger partial charge in [-0.1, -0.05) is 6.07 Å². The van der Waals surface area contributed by atoms with E-state index in [1.807, 2.05) is 7.05 Å². The highest BCUT2D eigenvalue weighted by Crippen LogP contribution is 2.23. The van der Waals surface area contributed by atoms with E-state index in [4.69, 9.17) is 0 Å². The van der Waals surface area contributed by atoms with Gasteiger partial charge >= 0.3 is 12.3 Å². The van der Waals surface area contributed by atoms with Crippen molar-refractivity contribution in [2.75, 3.05) is 38.1 Å². The molecule has 1 aromatic rings. The van der Waals surface area contributed by atoms with E-state index in [2.05, 4.69) is 14.8 Å². The number of pyridine rings is 1. The molecule has 0 aliphatic carbocycles. The maximum absolute atomic E-state index is 12.8. The average Bonchev–Trinajstić information content (AvgIpc) is 2.53. The van der Waals surface area contributed by atoms with Gasteiger partial charge in [0.1, 0.15) is 5.82 Å². The number of carbonyl (C=O) groups is 1. The SMILES string of the molecule is CN1CCN(c2ccc(CNC(=O)C(F)(F)C(F)F)cn2)CC1. The zero-order valence-electron chi connectivity index (χ0n) is 12.6. The topological polar surface area (TPSA) is 48.5 Å². The molecule has 1 N–H and O–H groups in total. The molecule has 1 aliphatic heterocycles. The molecule has 9 heteroatoms. The summed E-state index contributed by atoms with van der Waals surface area (Å²) in [6.07, 6.45) is -2.59. The lowest BCUT2D eigenvalue weighted by molar-refractivity contribution is -0.169. The number of amides is 1. The van der Waals surface area contributed by atoms with Crippen LogP contribution in [0.1, 0.15) is 5.56 Å². The van der Waals surface area contributed by atoms with Gasteiger partial charge in [-0.05, 0) is 18.7 Å². The van der Waals surface area contributed by atoms with Crippen LogP contribution in [0.2, 0.25) is 0 Å². The number of halogens is 4. The van der Waals surface area contributed by atoms with Gasteiger partial charge in [0.2, 0.25) is 0 Å². The minimum atomic E-state index is -4.69. The molecule has 0 saturated carbocycles. The maximum atomic E-state index is 12.8. The van der Waals surface area contributed by atoms with Gasteiger partial charge in [0.05, 0.1) is 0 Å². The monoisotopic (exact) mass is 334 g/mol. The number of alkyl halides is 4. The molecule has 0 bridgehead atoms. The molecule has 128 valence electrons. The molecule has 1 fully saturated rings. The Bertz CT molecular complexity index is 530. The molecular weight excluding hydrogens is 316 g/mol. The van der Waals surface area contributed by atoms with Gasteiger partial charge in [-0.3, -0.25) is 4.79 Å². The number of likely N-dealkylation sites (N-methyl/N-ethyl adjacent to an activating group) is 1. The van der Waals surface area contributed by atoms with Gasteiger partial charge in [0.25, 0.3) is 5.91 Å². The first-order valence-corrected chi connectivity index (χ1v) is 7.13. The van der Waals surface area contributed by atoms with Crippen molar-refractivity contribution in [3.63, 3.8) is 0 Å². The molecule has 2 heterocycles. The Balaban J connectivity index is 1.89. The van der Waals surface area contributed by atoms with E-state index >= 15 is 0 Å². The Labute approximate surface area is 131 Å². The number of piperazine rings is 1. The Kier molecular flexibility index (Phi) is 5.40. The Morgan fingerprint density at radius 3 is 2.48 bits per heavy atom. The molecule has 0 unspecified atom stereocenters. The van der Waals surface area contributed by atoms with E-state index in [1.165, 1.54) is 6.20 Å². The van der Waals surface area contributed by atoms with Gasteiger partial charge in [-0.15, -0.1) is 0 Å². The molecule has 0 spiro atoms. The van der Waals surface area contributed by atoms with Crippen molar-refractivity contribution in [2.24, 2.45) is 0 Å². The molecule has 1 aromatic heterocycles. The molecular formula is C14H18F4N4O. The second kappa shape index (κ2) is 7.12. The molecule has 2 rings (SSSR count). The summed E-state index contributed by atoms with van der Waals surface area (Å²) >= 11 is 0. The minimum absolute atomic E-state index is 0.281. The van der Waals surface area contributed by atoms with Crippen LogP contribution >= 0.6 is 0 Å². The quantitative estimate of drug-likeness (QED) is 0.826. The lowest BCUT2D eigenvalue weighted by Crippen LogP contribution is -2.45. The zero-order chi connectivity index (χ0) is 17.0. The summed E-state index contributed by atoms with van der Waals surface area (Å²) in [5.41, 5.74) is 0.460. The standard InChI is InChI=1S/C14H18F4N4O/c1-21-4-6-22(7-5-21)11-3-2-10(8-19-11)9-20-13(23)14(17,18)12(15)16/h2-3,8,12H,4-7,9H2,1H3,(H,20,23). The third-order valence-corrected chi connectivity index (χ3v) is 3.67. The lowest BCUT2D eigenvalue weighted by atomic mass is 10.2. The normalized spacial score (nSPS) is 16.7. The Hall–Kier alpha value is -1.90. The number of nitrogens with zero attached hydrogens (tertiary/aromatic N) is 3. The third-order valence-electron chi connectivity index (χ3n) is 3.67. The maximum Gasteiger partial charge on any atom is 0.383 e. The summed E-state index contributed by atoms with van der Waals surface area (Å²) in [5, 5.41) is 1.80. The van der Waals surface area contributed by atoms with E-state index in [0.29, 0.717) is 5.56 Å². The highest BCUT2D eigenvalue weighted by Gasteiger charge is 2.48. The first kappa shape index (κ1) is 17.5. The summed E-state index contributed by atoms with van der Waals surface area (Å²) in [5.74, 6) is -5.92. The number of nitrogens with one attached hydrogen (secondary N) is 1. The number of carbonyl (C=O) groups excluding carboxylic acids is 1. The first-order valence-electron chi connectivity index (χ1n) is 7.13. The number of anilines is 1. The van der Waals surface area contributed by atoms with Gasteiger partial charge in [-0.25, -0.2) is 13.8 Å². The smallest absolute Gasteiger partial charge is 0.354 e. The largest absolute Gasteiger partial charge is 0.383 e. The van der Waals surface area contributed by atoms with Crippen LogP contribution in [-0.4, -0.2) is 61.4 Å². The van der Waals surface area contributed by atoms with Crippen LogP contribution in [0, 0.1) is 0 Å². The Morgan fingerprint density at radius 2 is 1.96 bits per heavy atom. The highest BCUT2D eigenvalue weighted by atomic mass is 19.3. The fraction of sp³-hybridized carbons (Fsp3) is 0.571. The van der Waals surface area contributed by atoms with Crippen molar-refractivity contribution in [3.05, 3.63) is 23.9 Å². The van der Waals surface area contributed by atoms with Crippen LogP contribution in [0.25, 0.3) is 0 Å². The molecule has 1 aliphatic rings. The first-order chi connectivity index (χ1) is 10.8. The van der Waals surface area contributed by atoms with Gasteiger partial charge in [0, 0.05) is 38.9 Å². The van der Waals surface area contributed by atoms with E-state index in [0.717, 1.165) is 32.0 Å². The van der Waals surface area contributed by atoms with Crippen molar-refractivity contribution in [1.82, 2.24) is 15.2 Å². The molecule has 23 heavy (non-hydrogen) atoms. The zero-order valence-corrected chi connectivity index (χ0v) is 12.6. The van der Waals surface area contributed by atoms with Crippen LogP contribution in [0.4, 0.5) is 23.4 Å². The van der Waals surface area contributed by atoms with E-state index in [-0.39, 0.29) is 6.54 Å². The molecule has 1 saturated heterocycles. The van der Waals surface area contributed by atoms with Crippen LogP contribution in [-0.2, 0) is 11.3 Å². The minimum Gasteiger partial charge on any atom is -0.354 e. The summed E-state index contributed by atoms with van der Waals surface area (Å²) < 4.78 is 49.7. The van der Waals surface area contributed by atoms with E-state index in [9.17, 15) is 22.4 Å². The highest BCUT2D eigenvalue weighted by molar-refractivity contribution is 5.83. The second-order valence-electron chi connectivity index (χ2n) is 5.42. The van der Waals surface area contributed by atoms with Crippen molar-refractivity contribution < 1.29 is 22.4 Å². The number of aromatic nitrogens is 1. The summed E-state index contributed by atoms with van der Waals surface area (Å²) in [6.45, 7) is 3.22. The van der Waals surface area contributed by atoms with E-state index < -0.39 is 18.3 Å². The molecule has 1 amide bonds. The summed E-state index contributed by atoms with van der Waals surface area (Å²) in [6, 6.07) is 3.35. The third kappa shape index (κ3) is 4.31. The lowest BCUT2D eigenvalue weighted by Gasteiger charge is -2.33. The van der Waals surface area contributed by atoms with Crippen molar-refractivity contribution in [1.29, 1.82) is 0 Å². The van der Waals surface area contributed by atoms with Gasteiger partial charge in [0.15, 0.2) is 0 Å². The summed E-state index contributed by atoms with van der Waals surface area (Å²) in [7, 11) is 2.03. The fourth-order valence-electron chi connectivity index (χ4n) is 2.14. The summed E-state index contributed by atoms with van der Waals surface area (Å²) in [4.78, 5) is 19.6. The predicted octanol–water partition coefficient (Wildman–Crippen LogP) is 1.35. The van der Waals surface area contributed by atoms with Crippen LogP contribution in [0.15, 0.2) is 18.3 Å². The van der Waals surface area contributed by atoms with Crippen LogP contribution in [0.3, 0.4) is 0 Å². The number of hydrogen-bond acceptors (Lipinski definition) is 4. The Morgan fingerprint density at radius 1 is 1.30 bits per heavy atom. The van der Waals surface area contributed by atoms with Crippen LogP contribution in [0.5, 0.6) is 0 Å². The second-order valence-corrected chi connectivity index (χ2v) is 5.42. The van der Waals surface area contributed by atoms with Gasteiger partial charge < -0.3 is 15.1 Å². The number of rotatable bonds is 5.